The van der Waals surface area contributed by atoms with E-state index in [1.165, 1.54) is 6.08 Å². The third-order valence-electron chi connectivity index (χ3n) is 1.48. The van der Waals surface area contributed by atoms with E-state index in [0.29, 0.717) is 26.0 Å². The summed E-state index contributed by atoms with van der Waals surface area (Å²) in [6.07, 6.45) is 4.08. The van der Waals surface area contributed by atoms with E-state index in [0.717, 1.165) is 0 Å². The predicted octanol–water partition coefficient (Wildman–Crippen LogP) is 1.02. The molecular formula is C10H17NO3. The molecule has 0 aromatic carbocycles. The fraction of sp³-hybridized carbons (Fsp3) is 0.600. The Hall–Kier alpha value is -1.32. The molecule has 80 valence electrons. The number of rotatable bonds is 6. The number of hydrogen-bond acceptors (Lipinski definition) is 3. The van der Waals surface area contributed by atoms with Crippen LogP contribution in [0, 0.1) is 0 Å². The van der Waals surface area contributed by atoms with Gasteiger partial charge >= 0.3 is 5.97 Å². The summed E-state index contributed by atoms with van der Waals surface area (Å²) in [5.41, 5.74) is 0. The Kier molecular flexibility index (Phi) is 7.50. The highest BCUT2D eigenvalue weighted by Crippen LogP contribution is 1.91. The van der Waals surface area contributed by atoms with Crippen LogP contribution in [0.3, 0.4) is 0 Å². The zero-order valence-corrected chi connectivity index (χ0v) is 8.71. The summed E-state index contributed by atoms with van der Waals surface area (Å²) >= 11 is 0. The zero-order valence-electron chi connectivity index (χ0n) is 8.71. The molecular weight excluding hydrogens is 182 g/mol. The van der Waals surface area contributed by atoms with Gasteiger partial charge in [-0.1, -0.05) is 6.08 Å². The molecule has 0 unspecified atom stereocenters. The molecule has 0 saturated heterocycles. The SMILES string of the molecule is CC=CC(=O)NCCCC(=O)OCC. The van der Waals surface area contributed by atoms with Crippen molar-refractivity contribution >= 4 is 11.9 Å². The first kappa shape index (κ1) is 12.7. The number of carbonyl (C=O) groups is 2. The Bertz CT molecular complexity index is 211. The molecule has 0 saturated carbocycles. The highest BCUT2D eigenvalue weighted by atomic mass is 16.5. The molecule has 0 aliphatic rings. The Morgan fingerprint density at radius 2 is 2.14 bits per heavy atom. The highest BCUT2D eigenvalue weighted by Gasteiger charge is 2.00. The van der Waals surface area contributed by atoms with Gasteiger partial charge in [0.25, 0.3) is 0 Å². The van der Waals surface area contributed by atoms with E-state index in [-0.39, 0.29) is 11.9 Å². The molecule has 0 heterocycles. The molecule has 4 nitrogen and oxygen atoms in total. The van der Waals surface area contributed by atoms with Crippen LogP contribution >= 0.6 is 0 Å². The van der Waals surface area contributed by atoms with Gasteiger partial charge in [0.15, 0.2) is 0 Å². The third kappa shape index (κ3) is 7.34. The lowest BCUT2D eigenvalue weighted by Gasteiger charge is -2.02. The van der Waals surface area contributed by atoms with Crippen molar-refractivity contribution < 1.29 is 14.3 Å². The molecule has 0 aliphatic heterocycles. The number of esters is 1. The van der Waals surface area contributed by atoms with Crippen molar-refractivity contribution in [3.05, 3.63) is 12.2 Å². The van der Waals surface area contributed by atoms with Crippen LogP contribution in [0.4, 0.5) is 0 Å². The van der Waals surface area contributed by atoms with Gasteiger partial charge in [0.05, 0.1) is 6.61 Å². The summed E-state index contributed by atoms with van der Waals surface area (Å²) in [6.45, 7) is 4.45. The lowest BCUT2D eigenvalue weighted by atomic mass is 10.3. The highest BCUT2D eigenvalue weighted by molar-refractivity contribution is 5.87. The lowest BCUT2D eigenvalue weighted by Crippen LogP contribution is -2.22. The van der Waals surface area contributed by atoms with Gasteiger partial charge in [-0.05, 0) is 26.3 Å². The Morgan fingerprint density at radius 1 is 1.43 bits per heavy atom. The fourth-order valence-corrected chi connectivity index (χ4v) is 0.888. The predicted molar refractivity (Wildman–Crippen MR) is 53.7 cm³/mol. The minimum Gasteiger partial charge on any atom is -0.466 e. The molecule has 4 heteroatoms. The average molecular weight is 199 g/mol. The van der Waals surface area contributed by atoms with E-state index < -0.39 is 0 Å². The molecule has 0 rings (SSSR count). The van der Waals surface area contributed by atoms with Crippen molar-refractivity contribution in [3.8, 4) is 0 Å². The smallest absolute Gasteiger partial charge is 0.305 e. The van der Waals surface area contributed by atoms with Gasteiger partial charge in [0.1, 0.15) is 0 Å². The van der Waals surface area contributed by atoms with Crippen LogP contribution in [-0.2, 0) is 14.3 Å². The van der Waals surface area contributed by atoms with Crippen molar-refractivity contribution in [1.29, 1.82) is 0 Å². The van der Waals surface area contributed by atoms with Crippen LogP contribution < -0.4 is 5.32 Å². The van der Waals surface area contributed by atoms with E-state index >= 15 is 0 Å². The van der Waals surface area contributed by atoms with Crippen molar-refractivity contribution in [1.82, 2.24) is 5.32 Å². The molecule has 0 aromatic heterocycles. The van der Waals surface area contributed by atoms with Gasteiger partial charge < -0.3 is 10.1 Å². The van der Waals surface area contributed by atoms with Gasteiger partial charge in [-0.2, -0.15) is 0 Å². The molecule has 0 bridgehead atoms. The average Bonchev–Trinajstić information content (AvgIpc) is 2.13. The van der Waals surface area contributed by atoms with Crippen LogP contribution in [0.5, 0.6) is 0 Å². The maximum atomic E-state index is 10.9. The van der Waals surface area contributed by atoms with Crippen molar-refractivity contribution in [2.24, 2.45) is 0 Å². The van der Waals surface area contributed by atoms with Crippen molar-refractivity contribution in [2.75, 3.05) is 13.2 Å². The van der Waals surface area contributed by atoms with E-state index in [1.807, 2.05) is 0 Å². The minimum absolute atomic E-state index is 0.128. The molecule has 14 heavy (non-hydrogen) atoms. The van der Waals surface area contributed by atoms with E-state index in [9.17, 15) is 9.59 Å². The monoisotopic (exact) mass is 199 g/mol. The number of nitrogens with one attached hydrogen (secondary N) is 1. The van der Waals surface area contributed by atoms with E-state index in [4.69, 9.17) is 4.74 Å². The fourth-order valence-electron chi connectivity index (χ4n) is 0.888. The van der Waals surface area contributed by atoms with Gasteiger partial charge in [0.2, 0.25) is 5.91 Å². The number of amides is 1. The number of allylic oxidation sites excluding steroid dienone is 1. The van der Waals surface area contributed by atoms with Gasteiger partial charge in [-0.3, -0.25) is 9.59 Å². The Balaban J connectivity index is 3.37. The second kappa shape index (κ2) is 8.29. The maximum Gasteiger partial charge on any atom is 0.305 e. The van der Waals surface area contributed by atoms with Crippen LogP contribution in [-0.4, -0.2) is 25.0 Å². The largest absolute Gasteiger partial charge is 0.466 e. The molecule has 0 aromatic rings. The van der Waals surface area contributed by atoms with Crippen LogP contribution in [0.1, 0.15) is 26.7 Å². The molecule has 1 N–H and O–H groups in total. The van der Waals surface area contributed by atoms with Crippen molar-refractivity contribution in [2.45, 2.75) is 26.7 Å². The van der Waals surface area contributed by atoms with Crippen LogP contribution in [0.15, 0.2) is 12.2 Å². The van der Waals surface area contributed by atoms with Gasteiger partial charge in [-0.25, -0.2) is 0 Å². The van der Waals surface area contributed by atoms with E-state index in [1.54, 1.807) is 19.9 Å². The number of ether oxygens (including phenoxy) is 1. The van der Waals surface area contributed by atoms with Crippen LogP contribution in [0.25, 0.3) is 0 Å². The van der Waals surface area contributed by atoms with E-state index in [2.05, 4.69) is 5.32 Å². The van der Waals surface area contributed by atoms with Crippen molar-refractivity contribution in [3.63, 3.8) is 0 Å². The normalized spacial score (nSPS) is 10.1. The zero-order chi connectivity index (χ0) is 10.8. The summed E-state index contributed by atoms with van der Waals surface area (Å²) in [4.78, 5) is 21.8. The second-order valence-electron chi connectivity index (χ2n) is 2.70. The molecule has 0 spiro atoms. The lowest BCUT2D eigenvalue weighted by molar-refractivity contribution is -0.143. The summed E-state index contributed by atoms with van der Waals surface area (Å²) < 4.78 is 4.73. The van der Waals surface area contributed by atoms with Crippen LogP contribution in [0.2, 0.25) is 0 Å². The standard InChI is InChI=1S/C10H17NO3/c1-3-6-9(12)11-8-5-7-10(13)14-4-2/h3,6H,4-5,7-8H2,1-2H3,(H,11,12). The van der Waals surface area contributed by atoms with Gasteiger partial charge in [-0.15, -0.1) is 0 Å². The first-order chi connectivity index (χ1) is 6.70. The Morgan fingerprint density at radius 3 is 2.71 bits per heavy atom. The third-order valence-corrected chi connectivity index (χ3v) is 1.48. The molecule has 0 aliphatic carbocycles. The first-order valence-corrected chi connectivity index (χ1v) is 4.76. The quantitative estimate of drug-likeness (QED) is 0.395. The minimum atomic E-state index is -0.215. The molecule has 1 amide bonds. The second-order valence-corrected chi connectivity index (χ2v) is 2.70. The summed E-state index contributed by atoms with van der Waals surface area (Å²) in [7, 11) is 0. The summed E-state index contributed by atoms with van der Waals surface area (Å²) in [6, 6.07) is 0. The Labute approximate surface area is 84.3 Å². The maximum absolute atomic E-state index is 10.9. The number of hydrogen-bond donors (Lipinski definition) is 1. The molecule has 0 radical (unpaired) electrons. The molecule has 0 atom stereocenters. The topological polar surface area (TPSA) is 55.4 Å². The summed E-state index contributed by atoms with van der Waals surface area (Å²) in [5.74, 6) is -0.343. The number of carbonyl (C=O) groups excluding carboxylic acids is 2. The first-order valence-electron chi connectivity index (χ1n) is 4.76. The summed E-state index contributed by atoms with van der Waals surface area (Å²) in [5, 5.41) is 2.65. The molecule has 0 fully saturated rings. The van der Waals surface area contributed by atoms with Gasteiger partial charge in [0, 0.05) is 13.0 Å².